The lowest BCUT2D eigenvalue weighted by atomic mass is 10.4. The molecule has 0 heterocycles. The largest absolute Gasteiger partial charge is 0.286 e. The van der Waals surface area contributed by atoms with E-state index in [0.717, 1.165) is 0 Å². The molecule has 168 valence electrons. The van der Waals surface area contributed by atoms with E-state index in [2.05, 4.69) is 27.7 Å². The Kier molecular flexibility index (Phi) is 21.6. The number of hydrogen-bond acceptors (Lipinski definition) is 4. The molecule has 0 bridgehead atoms. The van der Waals surface area contributed by atoms with Crippen LogP contribution in [0, 0.1) is 0 Å². The summed E-state index contributed by atoms with van der Waals surface area (Å²) in [6.45, 7) is 9.42. The minimum Gasteiger partial charge on any atom is -0.286 e. The lowest BCUT2D eigenvalue weighted by Gasteiger charge is -2.28. The molecule has 0 aliphatic heterocycles. The molecule has 0 saturated carbocycles. The third-order valence-electron chi connectivity index (χ3n) is 3.94. The first kappa shape index (κ1) is 31.9. The maximum absolute atomic E-state index is 9.19. The molecule has 0 fully saturated rings. The van der Waals surface area contributed by atoms with Gasteiger partial charge in [-0.3, -0.25) is 9.11 Å². The predicted octanol–water partition coefficient (Wildman–Crippen LogP) is 5.21. The quantitative estimate of drug-likeness (QED) is 0.311. The smallest absolute Gasteiger partial charge is 0.261 e. The summed E-state index contributed by atoms with van der Waals surface area (Å²) in [5.41, 5.74) is 0. The zero-order chi connectivity index (χ0) is 22.0. The predicted molar refractivity (Wildman–Crippen MR) is 121 cm³/mol. The Bertz CT molecular complexity index is 434. The summed E-state index contributed by atoms with van der Waals surface area (Å²) in [4.78, 5) is 0. The third kappa shape index (κ3) is 37.6. The summed E-state index contributed by atoms with van der Waals surface area (Å²) in [7, 11) is -7.90. The molecular formula is C18H44O6PS2+. The first-order valence-corrected chi connectivity index (χ1v) is 16.2. The fourth-order valence-corrected chi connectivity index (χ4v) is 7.93. The zero-order valence-electron chi connectivity index (χ0n) is 18.3. The molecule has 27 heavy (non-hydrogen) atoms. The summed E-state index contributed by atoms with van der Waals surface area (Å²) in [6, 6.07) is 0. The molecule has 0 aromatic heterocycles. The molecule has 0 radical (unpaired) electrons. The van der Waals surface area contributed by atoms with E-state index in [1.54, 1.807) is 24.6 Å². The molecule has 0 aliphatic carbocycles. The van der Waals surface area contributed by atoms with Crippen LogP contribution < -0.4 is 0 Å². The first-order valence-electron chi connectivity index (χ1n) is 9.94. The minimum absolute atomic E-state index is 0.562. The van der Waals surface area contributed by atoms with Gasteiger partial charge >= 0.3 is 0 Å². The average molecular weight is 452 g/mol. The first-order chi connectivity index (χ1) is 12.2. The van der Waals surface area contributed by atoms with Gasteiger partial charge in [0.1, 0.15) is 0 Å². The van der Waals surface area contributed by atoms with Crippen molar-refractivity contribution in [2.75, 3.05) is 37.2 Å². The maximum Gasteiger partial charge on any atom is 0.261 e. The average Bonchev–Trinajstić information content (AvgIpc) is 2.50. The summed E-state index contributed by atoms with van der Waals surface area (Å²) in [5, 5.41) is 0. The van der Waals surface area contributed by atoms with Crippen LogP contribution in [0.25, 0.3) is 0 Å². The van der Waals surface area contributed by atoms with Crippen LogP contribution in [0.15, 0.2) is 0 Å². The summed E-state index contributed by atoms with van der Waals surface area (Å²) < 4.78 is 51.7. The van der Waals surface area contributed by atoms with Gasteiger partial charge in [0.2, 0.25) is 0 Å². The van der Waals surface area contributed by atoms with Crippen molar-refractivity contribution in [2.24, 2.45) is 0 Å². The van der Waals surface area contributed by atoms with E-state index in [9.17, 15) is 16.8 Å². The van der Waals surface area contributed by atoms with Crippen LogP contribution in [-0.4, -0.2) is 63.1 Å². The van der Waals surface area contributed by atoms with Crippen LogP contribution >= 0.6 is 7.26 Å². The van der Waals surface area contributed by atoms with Gasteiger partial charge in [-0.25, -0.2) is 0 Å². The highest BCUT2D eigenvalue weighted by Crippen LogP contribution is 2.61. The molecule has 0 rings (SSSR count). The van der Waals surface area contributed by atoms with Crippen LogP contribution in [0.3, 0.4) is 0 Å². The fourth-order valence-electron chi connectivity index (χ4n) is 2.64. The summed E-state index contributed by atoms with van der Waals surface area (Å²) >= 11 is 0. The number of unbranched alkanes of at least 4 members (excludes halogenated alkanes) is 4. The van der Waals surface area contributed by atoms with E-state index in [0.29, 0.717) is 12.5 Å². The molecule has 9 heteroatoms. The fraction of sp³-hybridized carbons (Fsp3) is 1.00. The second-order valence-electron chi connectivity index (χ2n) is 7.12. The molecule has 0 aromatic carbocycles. The lowest BCUT2D eigenvalue weighted by molar-refractivity contribution is 0.488. The van der Waals surface area contributed by atoms with Crippen molar-refractivity contribution in [1.29, 1.82) is 0 Å². The monoisotopic (exact) mass is 451 g/mol. The highest BCUT2D eigenvalue weighted by atomic mass is 32.2. The SMILES string of the molecule is CCCC[P+](CCCC)(CCCC)CCCC.CS(=O)(=O)O.CS(=O)(=O)O. The highest BCUT2D eigenvalue weighted by Gasteiger charge is 2.34. The van der Waals surface area contributed by atoms with Crippen molar-refractivity contribution in [3.8, 4) is 0 Å². The summed E-state index contributed by atoms with van der Waals surface area (Å²) in [5.74, 6) is 0. The Labute approximate surface area is 169 Å². The topological polar surface area (TPSA) is 109 Å². The van der Waals surface area contributed by atoms with Crippen molar-refractivity contribution in [1.82, 2.24) is 0 Å². The minimum atomic E-state index is -3.67. The van der Waals surface area contributed by atoms with Crippen molar-refractivity contribution in [2.45, 2.75) is 79.1 Å². The second kappa shape index (κ2) is 18.3. The highest BCUT2D eigenvalue weighted by molar-refractivity contribution is 7.85. The van der Waals surface area contributed by atoms with Crippen molar-refractivity contribution >= 4 is 27.5 Å². The van der Waals surface area contributed by atoms with E-state index in [1.807, 2.05) is 0 Å². The van der Waals surface area contributed by atoms with Crippen LogP contribution in [-0.2, 0) is 20.2 Å². The molecule has 0 atom stereocenters. The van der Waals surface area contributed by atoms with Gasteiger partial charge in [-0.1, -0.05) is 53.4 Å². The van der Waals surface area contributed by atoms with Gasteiger partial charge in [0, 0.05) is 7.26 Å². The standard InChI is InChI=1S/C16H36P.2CH4O3S/c1-5-9-13-17(14-10-6-2,15-11-7-3)16-12-8-4;2*1-5(2,3)4/h5-16H2,1-4H3;2*1H3,(H,2,3,4)/q+1;;. The van der Waals surface area contributed by atoms with Gasteiger partial charge in [-0.05, 0) is 25.7 Å². The zero-order valence-corrected chi connectivity index (χ0v) is 20.8. The summed E-state index contributed by atoms with van der Waals surface area (Å²) in [6.07, 6.45) is 19.4. The van der Waals surface area contributed by atoms with E-state index in [4.69, 9.17) is 9.11 Å². The number of hydrogen-bond donors (Lipinski definition) is 2. The molecule has 0 unspecified atom stereocenters. The Balaban J connectivity index is -0.000000471. The van der Waals surface area contributed by atoms with Gasteiger partial charge in [-0.2, -0.15) is 16.8 Å². The van der Waals surface area contributed by atoms with Crippen LogP contribution in [0.1, 0.15) is 79.1 Å². The molecule has 0 aromatic rings. The Morgan fingerprint density at radius 2 is 0.704 bits per heavy atom. The Morgan fingerprint density at radius 1 is 0.556 bits per heavy atom. The third-order valence-corrected chi connectivity index (χ3v) is 9.00. The van der Waals surface area contributed by atoms with E-state index < -0.39 is 27.5 Å². The second-order valence-corrected chi connectivity index (χ2v) is 14.5. The van der Waals surface area contributed by atoms with E-state index >= 15 is 0 Å². The molecule has 0 aliphatic rings. The van der Waals surface area contributed by atoms with Crippen LogP contribution in [0.2, 0.25) is 0 Å². The van der Waals surface area contributed by atoms with Crippen molar-refractivity contribution in [3.05, 3.63) is 0 Å². The Morgan fingerprint density at radius 3 is 0.815 bits per heavy atom. The Hall–Kier alpha value is 0.250. The lowest BCUT2D eigenvalue weighted by Crippen LogP contribution is -2.12. The maximum atomic E-state index is 9.19. The van der Waals surface area contributed by atoms with Crippen molar-refractivity contribution in [3.63, 3.8) is 0 Å². The van der Waals surface area contributed by atoms with E-state index in [-0.39, 0.29) is 0 Å². The van der Waals surface area contributed by atoms with Crippen molar-refractivity contribution < 1.29 is 25.9 Å². The normalized spacial score (nSPS) is 11.9. The number of rotatable bonds is 12. The van der Waals surface area contributed by atoms with Gasteiger partial charge in [-0.15, -0.1) is 0 Å². The van der Waals surface area contributed by atoms with Gasteiger partial charge in [0.05, 0.1) is 37.2 Å². The van der Waals surface area contributed by atoms with Crippen LogP contribution in [0.4, 0.5) is 0 Å². The molecule has 0 spiro atoms. The van der Waals surface area contributed by atoms with Crippen LogP contribution in [0.5, 0.6) is 0 Å². The molecule has 0 amide bonds. The molecule has 6 nitrogen and oxygen atoms in total. The molecular weight excluding hydrogens is 407 g/mol. The van der Waals surface area contributed by atoms with Gasteiger partial charge in [0.15, 0.2) is 0 Å². The van der Waals surface area contributed by atoms with Gasteiger partial charge < -0.3 is 0 Å². The van der Waals surface area contributed by atoms with E-state index in [1.165, 1.54) is 51.4 Å². The molecule has 0 saturated heterocycles. The molecule has 2 N–H and O–H groups in total. The van der Waals surface area contributed by atoms with Gasteiger partial charge in [0.25, 0.3) is 20.2 Å².